The van der Waals surface area contributed by atoms with Crippen LogP contribution in [0.4, 0.5) is 5.82 Å². The Kier molecular flexibility index (Phi) is 8.72. The first kappa shape index (κ1) is 29.1. The van der Waals surface area contributed by atoms with Gasteiger partial charge >= 0.3 is 0 Å². The van der Waals surface area contributed by atoms with Crippen LogP contribution in [0.3, 0.4) is 0 Å². The van der Waals surface area contributed by atoms with Gasteiger partial charge in [-0.05, 0) is 33.1 Å². The number of carbonyl (C=O) groups excluding carboxylic acids is 1. The summed E-state index contributed by atoms with van der Waals surface area (Å²) in [6.07, 6.45) is 3.02. The summed E-state index contributed by atoms with van der Waals surface area (Å²) in [5.74, 6) is 0.0781. The fourth-order valence-electron chi connectivity index (χ4n) is 5.14. The van der Waals surface area contributed by atoms with Crippen LogP contribution in [0.1, 0.15) is 31.1 Å². The summed E-state index contributed by atoms with van der Waals surface area (Å²) in [5, 5.41) is 5.14. The molecule has 0 saturated heterocycles. The minimum absolute atomic E-state index is 0.125. The Morgan fingerprint density at radius 2 is 1.45 bits per heavy atom. The van der Waals surface area contributed by atoms with E-state index in [2.05, 4.69) is 96.1 Å². The molecule has 9 heteroatoms. The number of ether oxygens (including phenoxy) is 1. The first-order chi connectivity index (χ1) is 20.3. The highest BCUT2D eigenvalue weighted by Gasteiger charge is 2.50. The van der Waals surface area contributed by atoms with Gasteiger partial charge in [0, 0.05) is 5.56 Å². The first-order valence-electron chi connectivity index (χ1n) is 13.8. The minimum atomic E-state index is -2.67. The fourth-order valence-corrected chi connectivity index (χ4v) is 9.71. The molecular formula is C33H35N5O3Si. The van der Waals surface area contributed by atoms with Crippen molar-refractivity contribution in [3.8, 4) is 0 Å². The summed E-state index contributed by atoms with van der Waals surface area (Å²) in [4.78, 5) is 25.6. The van der Waals surface area contributed by atoms with Gasteiger partial charge in [-0.3, -0.25) is 9.36 Å². The van der Waals surface area contributed by atoms with Crippen molar-refractivity contribution in [2.24, 2.45) is 0 Å². The lowest BCUT2D eigenvalue weighted by molar-refractivity contribution is 0.0925. The Hall–Kier alpha value is -4.44. The van der Waals surface area contributed by atoms with Gasteiger partial charge in [-0.2, -0.15) is 0 Å². The maximum absolute atomic E-state index is 12.6. The molecule has 0 spiro atoms. The number of nitrogens with one attached hydrogen (secondary N) is 1. The van der Waals surface area contributed by atoms with E-state index in [9.17, 15) is 4.79 Å². The van der Waals surface area contributed by atoms with Gasteiger partial charge in [0.25, 0.3) is 14.2 Å². The zero-order chi connectivity index (χ0) is 29.6. The molecule has 3 aromatic carbocycles. The highest BCUT2D eigenvalue weighted by molar-refractivity contribution is 6.99. The number of anilines is 1. The molecule has 0 atom stereocenters. The van der Waals surface area contributed by atoms with Crippen molar-refractivity contribution in [1.82, 2.24) is 19.5 Å². The smallest absolute Gasteiger partial charge is 0.261 e. The molecule has 0 aliphatic carbocycles. The molecule has 0 saturated carbocycles. The number of amides is 1. The van der Waals surface area contributed by atoms with E-state index in [1.807, 2.05) is 30.3 Å². The van der Waals surface area contributed by atoms with Crippen LogP contribution in [0.5, 0.6) is 0 Å². The third-order valence-electron chi connectivity index (χ3n) is 7.12. The maximum Gasteiger partial charge on any atom is 0.261 e. The van der Waals surface area contributed by atoms with E-state index >= 15 is 0 Å². The quantitative estimate of drug-likeness (QED) is 0.172. The van der Waals surface area contributed by atoms with Crippen LogP contribution in [-0.2, 0) is 15.9 Å². The molecule has 1 amide bonds. The van der Waals surface area contributed by atoms with Gasteiger partial charge in [-0.15, -0.1) is 0 Å². The van der Waals surface area contributed by atoms with E-state index in [4.69, 9.17) is 9.16 Å². The molecule has 0 bridgehead atoms. The average molecular weight is 578 g/mol. The van der Waals surface area contributed by atoms with Gasteiger partial charge in [-0.1, -0.05) is 106 Å². The van der Waals surface area contributed by atoms with E-state index in [0.29, 0.717) is 35.8 Å². The summed E-state index contributed by atoms with van der Waals surface area (Å²) in [6.45, 7) is 11.9. The zero-order valence-corrected chi connectivity index (χ0v) is 25.2. The van der Waals surface area contributed by atoms with Crippen molar-refractivity contribution < 1.29 is 14.0 Å². The number of aromatic nitrogens is 4. The number of nitrogens with zero attached hydrogens (tertiary/aromatic N) is 4. The predicted molar refractivity (Wildman–Crippen MR) is 168 cm³/mol. The standard InChI is InChI=1S/C33H35N5O3Si/c1-25(21-41-42(33(2,3)4,27-16-10-6-11-17-27)28-18-12-7-13-19-28)20-40-24-38-23-36-29-30(34-22-35-31(29)38)37-32(39)26-14-8-5-9-15-26/h5-19,22-23H,1,20-21,24H2,2-4H3,(H,34,35,37,39). The Morgan fingerprint density at radius 3 is 2.05 bits per heavy atom. The second-order valence-corrected chi connectivity index (χ2v) is 15.4. The number of benzene rings is 3. The van der Waals surface area contributed by atoms with Gasteiger partial charge in [0.15, 0.2) is 17.0 Å². The summed E-state index contributed by atoms with van der Waals surface area (Å²) in [6, 6.07) is 30.0. The van der Waals surface area contributed by atoms with Crippen LogP contribution < -0.4 is 15.7 Å². The molecule has 0 radical (unpaired) electrons. The van der Waals surface area contributed by atoms with Crippen LogP contribution in [0.25, 0.3) is 11.2 Å². The van der Waals surface area contributed by atoms with E-state index < -0.39 is 8.32 Å². The van der Waals surface area contributed by atoms with Gasteiger partial charge in [0.1, 0.15) is 13.1 Å². The van der Waals surface area contributed by atoms with Gasteiger partial charge in [0.05, 0.1) is 19.5 Å². The fraction of sp³-hybridized carbons (Fsp3) is 0.212. The number of imidazole rings is 1. The van der Waals surface area contributed by atoms with Crippen molar-refractivity contribution in [3.05, 3.63) is 121 Å². The van der Waals surface area contributed by atoms with E-state index in [1.54, 1.807) is 23.0 Å². The van der Waals surface area contributed by atoms with Crippen molar-refractivity contribution in [3.63, 3.8) is 0 Å². The van der Waals surface area contributed by atoms with Crippen LogP contribution in [-0.4, -0.2) is 47.0 Å². The van der Waals surface area contributed by atoms with Crippen molar-refractivity contribution in [2.75, 3.05) is 18.5 Å². The van der Waals surface area contributed by atoms with E-state index in [-0.39, 0.29) is 17.7 Å². The van der Waals surface area contributed by atoms with Crippen molar-refractivity contribution in [1.29, 1.82) is 0 Å². The average Bonchev–Trinajstić information content (AvgIpc) is 3.42. The first-order valence-corrected chi connectivity index (χ1v) is 15.7. The molecule has 5 rings (SSSR count). The third kappa shape index (κ3) is 6.08. The van der Waals surface area contributed by atoms with Crippen molar-refractivity contribution >= 4 is 41.6 Å². The van der Waals surface area contributed by atoms with Gasteiger partial charge < -0.3 is 14.5 Å². The molecule has 0 aliphatic rings. The van der Waals surface area contributed by atoms with Crippen molar-refractivity contribution in [2.45, 2.75) is 32.5 Å². The number of hydrogen-bond donors (Lipinski definition) is 1. The molecule has 5 aromatic rings. The highest BCUT2D eigenvalue weighted by Crippen LogP contribution is 2.37. The molecule has 2 heterocycles. The lowest BCUT2D eigenvalue weighted by Gasteiger charge is -2.43. The predicted octanol–water partition coefficient (Wildman–Crippen LogP) is 5.19. The van der Waals surface area contributed by atoms with Crippen LogP contribution in [0.2, 0.25) is 5.04 Å². The third-order valence-corrected chi connectivity index (χ3v) is 12.1. The molecule has 1 N–H and O–H groups in total. The number of carbonyl (C=O) groups is 1. The lowest BCUT2D eigenvalue weighted by Crippen LogP contribution is -2.66. The molecule has 2 aromatic heterocycles. The monoisotopic (exact) mass is 577 g/mol. The Bertz CT molecular complexity index is 1610. The summed E-state index contributed by atoms with van der Waals surface area (Å²) in [7, 11) is -2.67. The summed E-state index contributed by atoms with van der Waals surface area (Å²) >= 11 is 0. The highest BCUT2D eigenvalue weighted by atomic mass is 28.4. The zero-order valence-electron chi connectivity index (χ0n) is 24.2. The largest absolute Gasteiger partial charge is 0.403 e. The van der Waals surface area contributed by atoms with Crippen LogP contribution in [0, 0.1) is 0 Å². The van der Waals surface area contributed by atoms with Gasteiger partial charge in [0.2, 0.25) is 0 Å². The Labute approximate surface area is 247 Å². The Balaban J connectivity index is 1.26. The normalized spacial score (nSPS) is 11.9. The lowest BCUT2D eigenvalue weighted by atomic mass is 10.2. The number of rotatable bonds is 11. The maximum atomic E-state index is 12.6. The summed E-state index contributed by atoms with van der Waals surface area (Å²) in [5.41, 5.74) is 2.41. The van der Waals surface area contributed by atoms with E-state index in [1.165, 1.54) is 16.7 Å². The SMILES string of the molecule is C=C(COCn1cnc2c(NC(=O)c3ccccc3)ncnc21)CO[Si](c1ccccc1)(c1ccccc1)C(C)(C)C. The summed E-state index contributed by atoms with van der Waals surface area (Å²) < 4.78 is 14.7. The van der Waals surface area contributed by atoms with Crippen LogP contribution >= 0.6 is 0 Å². The molecular weight excluding hydrogens is 542 g/mol. The molecule has 0 unspecified atom stereocenters. The second kappa shape index (κ2) is 12.6. The molecule has 214 valence electrons. The number of fused-ring (bicyclic) bond motifs is 1. The molecule has 0 aliphatic heterocycles. The molecule has 8 nitrogen and oxygen atoms in total. The topological polar surface area (TPSA) is 91.2 Å². The number of hydrogen-bond acceptors (Lipinski definition) is 6. The second-order valence-electron chi connectivity index (χ2n) is 11.1. The molecule has 0 fully saturated rings. The van der Waals surface area contributed by atoms with Gasteiger partial charge in [-0.25, -0.2) is 15.0 Å². The Morgan fingerprint density at radius 1 is 0.857 bits per heavy atom. The van der Waals surface area contributed by atoms with Crippen LogP contribution in [0.15, 0.2) is 116 Å². The minimum Gasteiger partial charge on any atom is -0.403 e. The van der Waals surface area contributed by atoms with E-state index in [0.717, 1.165) is 5.57 Å². The molecule has 42 heavy (non-hydrogen) atoms.